The topological polar surface area (TPSA) is 0 Å². The largest absolute Gasteiger partial charge is 0.145 e. The summed E-state index contributed by atoms with van der Waals surface area (Å²) in [6.07, 6.45) is 3.76. The van der Waals surface area contributed by atoms with Crippen LogP contribution in [0.1, 0.15) is 36.9 Å². The molecule has 0 radical (unpaired) electrons. The summed E-state index contributed by atoms with van der Waals surface area (Å²) in [6, 6.07) is 4.57. The van der Waals surface area contributed by atoms with E-state index in [4.69, 9.17) is 0 Å². The normalized spacial score (nSPS) is 11.0. The lowest BCUT2D eigenvalue weighted by molar-refractivity contribution is 0.654. The lowest BCUT2D eigenvalue weighted by Gasteiger charge is -1.99. The fraction of sp³-hybridized carbons (Fsp3) is 0.636. The van der Waals surface area contributed by atoms with Gasteiger partial charge in [-0.1, -0.05) is 27.2 Å². The molecule has 12 heavy (non-hydrogen) atoms. The summed E-state index contributed by atoms with van der Waals surface area (Å²) in [4.78, 5) is 3.10. The molecule has 0 N–H and O–H groups in total. The maximum atomic E-state index is 2.29. The van der Waals surface area contributed by atoms with Crippen molar-refractivity contribution in [1.29, 1.82) is 0 Å². The SMILES string of the molecule is CCCc1ccc(CC(C)C)s1. The molecular weight excluding hydrogens is 164 g/mol. The molecule has 0 spiro atoms. The summed E-state index contributed by atoms with van der Waals surface area (Å²) in [5.41, 5.74) is 0. The molecule has 0 saturated carbocycles. The summed E-state index contributed by atoms with van der Waals surface area (Å²) < 4.78 is 0. The van der Waals surface area contributed by atoms with Gasteiger partial charge in [-0.25, -0.2) is 0 Å². The Labute approximate surface area is 79.6 Å². The molecule has 0 atom stereocenters. The smallest absolute Gasteiger partial charge is 0.00507 e. The maximum Gasteiger partial charge on any atom is 0.00507 e. The fourth-order valence-electron chi connectivity index (χ4n) is 1.32. The van der Waals surface area contributed by atoms with Gasteiger partial charge in [0.15, 0.2) is 0 Å². The molecule has 0 amide bonds. The van der Waals surface area contributed by atoms with Crippen LogP contribution in [-0.2, 0) is 12.8 Å². The molecular formula is C11H18S. The highest BCUT2D eigenvalue weighted by atomic mass is 32.1. The summed E-state index contributed by atoms with van der Waals surface area (Å²) >= 11 is 1.99. The van der Waals surface area contributed by atoms with Gasteiger partial charge in [-0.3, -0.25) is 0 Å². The van der Waals surface area contributed by atoms with E-state index >= 15 is 0 Å². The molecule has 0 aromatic carbocycles. The summed E-state index contributed by atoms with van der Waals surface area (Å²) in [7, 11) is 0. The van der Waals surface area contributed by atoms with Crippen LogP contribution in [0, 0.1) is 5.92 Å². The molecule has 0 fully saturated rings. The van der Waals surface area contributed by atoms with Crippen molar-refractivity contribution in [3.05, 3.63) is 21.9 Å². The van der Waals surface area contributed by atoms with E-state index in [0.29, 0.717) is 0 Å². The van der Waals surface area contributed by atoms with Crippen molar-refractivity contribution in [3.8, 4) is 0 Å². The molecule has 1 heterocycles. The van der Waals surface area contributed by atoms with Crippen LogP contribution in [0.5, 0.6) is 0 Å². The number of thiophene rings is 1. The number of hydrogen-bond acceptors (Lipinski definition) is 1. The van der Waals surface area contributed by atoms with Gasteiger partial charge in [0, 0.05) is 9.75 Å². The molecule has 0 saturated heterocycles. The lowest BCUT2D eigenvalue weighted by atomic mass is 10.1. The van der Waals surface area contributed by atoms with Gasteiger partial charge in [0.05, 0.1) is 0 Å². The van der Waals surface area contributed by atoms with Gasteiger partial charge in [0.1, 0.15) is 0 Å². The minimum absolute atomic E-state index is 0.790. The van der Waals surface area contributed by atoms with Crippen LogP contribution in [0.4, 0.5) is 0 Å². The van der Waals surface area contributed by atoms with E-state index in [1.165, 1.54) is 19.3 Å². The first-order valence-electron chi connectivity index (χ1n) is 4.80. The minimum atomic E-state index is 0.790. The molecule has 0 bridgehead atoms. The predicted molar refractivity (Wildman–Crippen MR) is 56.9 cm³/mol. The minimum Gasteiger partial charge on any atom is -0.145 e. The van der Waals surface area contributed by atoms with Gasteiger partial charge in [-0.05, 0) is 30.9 Å². The van der Waals surface area contributed by atoms with Crippen molar-refractivity contribution in [2.45, 2.75) is 40.0 Å². The Morgan fingerprint density at radius 1 is 1.25 bits per heavy atom. The average molecular weight is 182 g/mol. The quantitative estimate of drug-likeness (QED) is 0.662. The van der Waals surface area contributed by atoms with E-state index < -0.39 is 0 Å². The zero-order valence-electron chi connectivity index (χ0n) is 8.26. The molecule has 68 valence electrons. The van der Waals surface area contributed by atoms with Crippen LogP contribution in [0.2, 0.25) is 0 Å². The van der Waals surface area contributed by atoms with E-state index in [2.05, 4.69) is 32.9 Å². The maximum absolute atomic E-state index is 2.29. The zero-order valence-corrected chi connectivity index (χ0v) is 9.08. The van der Waals surface area contributed by atoms with Crippen LogP contribution >= 0.6 is 11.3 Å². The molecule has 0 aliphatic carbocycles. The van der Waals surface area contributed by atoms with E-state index in [1.54, 1.807) is 9.75 Å². The first kappa shape index (κ1) is 9.79. The first-order chi connectivity index (χ1) is 5.72. The number of aryl methyl sites for hydroxylation is 1. The van der Waals surface area contributed by atoms with E-state index in [9.17, 15) is 0 Å². The molecule has 1 heteroatoms. The highest BCUT2D eigenvalue weighted by molar-refractivity contribution is 7.11. The van der Waals surface area contributed by atoms with Crippen molar-refractivity contribution < 1.29 is 0 Å². The number of hydrogen-bond donors (Lipinski definition) is 0. The number of rotatable bonds is 4. The highest BCUT2D eigenvalue weighted by Crippen LogP contribution is 2.20. The summed E-state index contributed by atoms with van der Waals surface area (Å²) in [6.45, 7) is 6.79. The third-order valence-electron chi connectivity index (χ3n) is 1.82. The fourth-order valence-corrected chi connectivity index (χ4v) is 2.65. The van der Waals surface area contributed by atoms with Gasteiger partial charge in [0.25, 0.3) is 0 Å². The van der Waals surface area contributed by atoms with Crippen LogP contribution in [0.15, 0.2) is 12.1 Å². The van der Waals surface area contributed by atoms with Gasteiger partial charge in [-0.15, -0.1) is 11.3 Å². The van der Waals surface area contributed by atoms with Crippen LogP contribution in [0.25, 0.3) is 0 Å². The first-order valence-corrected chi connectivity index (χ1v) is 5.61. The Morgan fingerprint density at radius 2 is 1.92 bits per heavy atom. The zero-order chi connectivity index (χ0) is 8.97. The van der Waals surface area contributed by atoms with Crippen molar-refractivity contribution in [2.75, 3.05) is 0 Å². The highest BCUT2D eigenvalue weighted by Gasteiger charge is 2.01. The molecule has 1 aromatic heterocycles. The second kappa shape index (κ2) is 4.66. The van der Waals surface area contributed by atoms with E-state index in [-0.39, 0.29) is 0 Å². The second-order valence-electron chi connectivity index (χ2n) is 3.72. The van der Waals surface area contributed by atoms with Gasteiger partial charge in [-0.2, -0.15) is 0 Å². The Morgan fingerprint density at radius 3 is 2.50 bits per heavy atom. The van der Waals surface area contributed by atoms with Gasteiger partial charge >= 0.3 is 0 Å². The van der Waals surface area contributed by atoms with Crippen molar-refractivity contribution in [3.63, 3.8) is 0 Å². The second-order valence-corrected chi connectivity index (χ2v) is 4.97. The standard InChI is InChI=1S/C11H18S/c1-4-5-10-6-7-11(12-10)8-9(2)3/h6-7,9H,4-5,8H2,1-3H3. The molecule has 0 unspecified atom stereocenters. The third-order valence-corrected chi connectivity index (χ3v) is 2.99. The third kappa shape index (κ3) is 2.98. The van der Waals surface area contributed by atoms with Crippen molar-refractivity contribution >= 4 is 11.3 Å². The van der Waals surface area contributed by atoms with Crippen molar-refractivity contribution in [2.24, 2.45) is 5.92 Å². The lowest BCUT2D eigenvalue weighted by Crippen LogP contribution is -1.89. The van der Waals surface area contributed by atoms with Crippen LogP contribution < -0.4 is 0 Å². The monoisotopic (exact) mass is 182 g/mol. The summed E-state index contributed by atoms with van der Waals surface area (Å²) in [5.74, 6) is 0.790. The molecule has 1 rings (SSSR count). The van der Waals surface area contributed by atoms with Crippen molar-refractivity contribution in [1.82, 2.24) is 0 Å². The van der Waals surface area contributed by atoms with E-state index in [1.807, 2.05) is 11.3 Å². The van der Waals surface area contributed by atoms with E-state index in [0.717, 1.165) is 5.92 Å². The van der Waals surface area contributed by atoms with Crippen LogP contribution in [-0.4, -0.2) is 0 Å². The molecule has 1 aromatic rings. The average Bonchev–Trinajstić information content (AvgIpc) is 2.36. The van der Waals surface area contributed by atoms with Crippen LogP contribution in [0.3, 0.4) is 0 Å². The summed E-state index contributed by atoms with van der Waals surface area (Å²) in [5, 5.41) is 0. The Bertz CT molecular complexity index is 223. The predicted octanol–water partition coefficient (Wildman–Crippen LogP) is 3.90. The molecule has 0 aliphatic heterocycles. The Kier molecular flexibility index (Phi) is 3.80. The Hall–Kier alpha value is -0.300. The van der Waals surface area contributed by atoms with Gasteiger partial charge < -0.3 is 0 Å². The van der Waals surface area contributed by atoms with Gasteiger partial charge in [0.2, 0.25) is 0 Å². The molecule has 0 aliphatic rings. The Balaban J connectivity index is 2.52. The molecule has 0 nitrogen and oxygen atoms in total.